The number of para-hydroxylation sites is 3. The Labute approximate surface area is 325 Å². The second kappa shape index (κ2) is 12.6. The van der Waals surface area contributed by atoms with Crippen molar-refractivity contribution < 1.29 is 0 Å². The van der Waals surface area contributed by atoms with Crippen LogP contribution in [0.5, 0.6) is 0 Å². The van der Waals surface area contributed by atoms with Crippen LogP contribution in [-0.2, 0) is 0 Å². The van der Waals surface area contributed by atoms with Gasteiger partial charge in [0.15, 0.2) is 0 Å². The average Bonchev–Trinajstić information content (AvgIpc) is 3.93. The maximum Gasteiger partial charge on any atom is 0.0635 e. The number of rotatable bonds is 6. The number of aryl methyl sites for hydroxylation is 2. The molecule has 0 aliphatic rings. The Morgan fingerprint density at radius 3 is 1.57 bits per heavy atom. The zero-order valence-electron chi connectivity index (χ0n) is 31.3. The van der Waals surface area contributed by atoms with E-state index in [-0.39, 0.29) is 0 Å². The topological polar surface area (TPSA) is 18.0 Å². The molecular formula is C52H38N4. The molecule has 266 valence electrons. The average molecular weight is 719 g/mol. The van der Waals surface area contributed by atoms with Gasteiger partial charge in [0.25, 0.3) is 0 Å². The second-order valence-corrected chi connectivity index (χ2v) is 14.8. The molecule has 4 heteroatoms. The molecule has 0 fully saturated rings. The van der Waals surface area contributed by atoms with Gasteiger partial charge in [0.1, 0.15) is 0 Å². The van der Waals surface area contributed by atoms with E-state index in [1.807, 2.05) is 0 Å². The van der Waals surface area contributed by atoms with E-state index in [1.54, 1.807) is 0 Å². The molecule has 0 N–H and O–H groups in total. The van der Waals surface area contributed by atoms with Crippen LogP contribution in [0.4, 0.5) is 17.1 Å². The fourth-order valence-corrected chi connectivity index (χ4v) is 8.72. The number of fused-ring (bicyclic) bond motifs is 8. The molecule has 11 aromatic rings. The monoisotopic (exact) mass is 718 g/mol. The Hall–Kier alpha value is -7.30. The van der Waals surface area contributed by atoms with Gasteiger partial charge in [0, 0.05) is 67.3 Å². The number of hydrogen-bond acceptors (Lipinski definition) is 1. The van der Waals surface area contributed by atoms with E-state index in [0.29, 0.717) is 0 Å². The van der Waals surface area contributed by atoms with Crippen molar-refractivity contribution in [3.63, 3.8) is 0 Å². The van der Waals surface area contributed by atoms with Crippen LogP contribution in [-0.4, -0.2) is 13.7 Å². The highest BCUT2D eigenvalue weighted by molar-refractivity contribution is 6.18. The van der Waals surface area contributed by atoms with Crippen LogP contribution in [0.3, 0.4) is 0 Å². The number of benzene rings is 8. The lowest BCUT2D eigenvalue weighted by Crippen LogP contribution is -2.10. The van der Waals surface area contributed by atoms with Gasteiger partial charge in [-0.3, -0.25) is 0 Å². The van der Waals surface area contributed by atoms with Crippen LogP contribution in [0.2, 0.25) is 0 Å². The highest BCUT2D eigenvalue weighted by Crippen LogP contribution is 2.41. The van der Waals surface area contributed by atoms with Crippen LogP contribution >= 0.6 is 0 Å². The zero-order chi connectivity index (χ0) is 37.3. The van der Waals surface area contributed by atoms with Gasteiger partial charge in [-0.05, 0) is 117 Å². The van der Waals surface area contributed by atoms with Crippen LogP contribution in [0.1, 0.15) is 11.1 Å². The summed E-state index contributed by atoms with van der Waals surface area (Å²) >= 11 is 0. The van der Waals surface area contributed by atoms with Crippen molar-refractivity contribution in [2.24, 2.45) is 0 Å². The molecule has 4 nitrogen and oxygen atoms in total. The van der Waals surface area contributed by atoms with Crippen molar-refractivity contribution in [1.29, 1.82) is 0 Å². The van der Waals surface area contributed by atoms with Gasteiger partial charge in [0.2, 0.25) is 0 Å². The molecule has 0 saturated carbocycles. The van der Waals surface area contributed by atoms with Gasteiger partial charge in [0.05, 0.1) is 27.6 Å². The molecule has 56 heavy (non-hydrogen) atoms. The maximum absolute atomic E-state index is 2.41. The van der Waals surface area contributed by atoms with E-state index >= 15 is 0 Å². The van der Waals surface area contributed by atoms with Crippen LogP contribution < -0.4 is 4.90 Å². The first-order valence-corrected chi connectivity index (χ1v) is 19.3. The molecule has 11 rings (SSSR count). The largest absolute Gasteiger partial charge is 0.316 e. The Kier molecular flexibility index (Phi) is 7.26. The highest BCUT2D eigenvalue weighted by Gasteiger charge is 2.19. The molecule has 0 amide bonds. The predicted octanol–water partition coefficient (Wildman–Crippen LogP) is 13.9. The summed E-state index contributed by atoms with van der Waals surface area (Å²) < 4.78 is 7.11. The molecule has 0 aliphatic heterocycles. The molecule has 0 unspecified atom stereocenters. The molecule has 0 atom stereocenters. The van der Waals surface area contributed by atoms with Gasteiger partial charge in [-0.15, -0.1) is 0 Å². The van der Waals surface area contributed by atoms with Crippen LogP contribution in [0.15, 0.2) is 194 Å². The summed E-state index contributed by atoms with van der Waals surface area (Å²) in [6, 6.07) is 68.5. The lowest BCUT2D eigenvalue weighted by molar-refractivity contribution is 1.12. The van der Waals surface area contributed by atoms with E-state index in [0.717, 1.165) is 28.4 Å². The molecule has 0 radical (unpaired) electrons. The van der Waals surface area contributed by atoms with E-state index in [9.17, 15) is 0 Å². The third-order valence-corrected chi connectivity index (χ3v) is 11.4. The lowest BCUT2D eigenvalue weighted by atomic mass is 10.1. The molecule has 3 heterocycles. The van der Waals surface area contributed by atoms with Gasteiger partial charge in [-0.1, -0.05) is 96.1 Å². The van der Waals surface area contributed by atoms with Crippen molar-refractivity contribution in [2.45, 2.75) is 13.8 Å². The summed E-state index contributed by atoms with van der Waals surface area (Å²) in [4.78, 5) is 2.37. The minimum Gasteiger partial charge on any atom is -0.316 e. The quantitative estimate of drug-likeness (QED) is 0.167. The summed E-state index contributed by atoms with van der Waals surface area (Å²) in [6.45, 7) is 4.28. The highest BCUT2D eigenvalue weighted by atomic mass is 15.1. The lowest BCUT2D eigenvalue weighted by Gasteiger charge is -2.26. The summed E-state index contributed by atoms with van der Waals surface area (Å²) in [5.74, 6) is 0. The summed E-state index contributed by atoms with van der Waals surface area (Å²) in [6.07, 6.45) is 2.21. The minimum absolute atomic E-state index is 1.10. The SMILES string of the molecule is Cc1ccc(N(c2ccc(-n3ccc4c3ccc3c5ccccc5n(-c5ccccc5)c34)cc2)c2ccc3c(c2)c2ccccc2n3-c2ccc(C)cc2)cc1. The van der Waals surface area contributed by atoms with Crippen molar-refractivity contribution >= 4 is 71.6 Å². The van der Waals surface area contributed by atoms with Crippen LogP contribution in [0, 0.1) is 13.8 Å². The standard InChI is InChI=1S/C52H38N4/c1-35-16-20-39(21-17-35)54(42-28-30-51-47(34-42)44-13-7-8-14-49(44)55(51)41-22-18-36(2)19-23-41)40-26-24-37(25-27-40)53-33-32-46-48(53)31-29-45-43-12-6-9-15-50(43)56(52(45)46)38-10-4-3-5-11-38/h3-34H,1-2H3. The third-order valence-electron chi connectivity index (χ3n) is 11.4. The molecule has 0 aliphatic carbocycles. The molecular weight excluding hydrogens is 681 g/mol. The maximum atomic E-state index is 2.41. The Bertz CT molecular complexity index is 3230. The second-order valence-electron chi connectivity index (χ2n) is 14.8. The van der Waals surface area contributed by atoms with Gasteiger partial charge in [-0.2, -0.15) is 0 Å². The van der Waals surface area contributed by atoms with E-state index < -0.39 is 0 Å². The number of aromatic nitrogens is 3. The fourth-order valence-electron chi connectivity index (χ4n) is 8.72. The number of nitrogens with zero attached hydrogens (tertiary/aromatic N) is 4. The summed E-state index contributed by atoms with van der Waals surface area (Å²) in [7, 11) is 0. The minimum atomic E-state index is 1.10. The number of anilines is 3. The third kappa shape index (κ3) is 5.00. The summed E-state index contributed by atoms with van der Waals surface area (Å²) in [5, 5.41) is 6.22. The van der Waals surface area contributed by atoms with Crippen molar-refractivity contribution in [3.8, 4) is 17.1 Å². The fraction of sp³-hybridized carbons (Fsp3) is 0.0385. The van der Waals surface area contributed by atoms with E-state index in [2.05, 4.69) is 227 Å². The Morgan fingerprint density at radius 1 is 0.339 bits per heavy atom. The van der Waals surface area contributed by atoms with Crippen molar-refractivity contribution in [3.05, 3.63) is 205 Å². The predicted molar refractivity (Wildman–Crippen MR) is 236 cm³/mol. The van der Waals surface area contributed by atoms with Gasteiger partial charge < -0.3 is 18.6 Å². The normalized spacial score (nSPS) is 11.8. The first kappa shape index (κ1) is 32.2. The molecule has 0 spiro atoms. The summed E-state index contributed by atoms with van der Waals surface area (Å²) in [5.41, 5.74) is 15.3. The van der Waals surface area contributed by atoms with Gasteiger partial charge >= 0.3 is 0 Å². The Balaban J connectivity index is 1.04. The van der Waals surface area contributed by atoms with E-state index in [1.165, 1.54) is 71.3 Å². The first-order chi connectivity index (χ1) is 27.6. The van der Waals surface area contributed by atoms with E-state index in [4.69, 9.17) is 0 Å². The Morgan fingerprint density at radius 2 is 0.857 bits per heavy atom. The molecule has 8 aromatic carbocycles. The zero-order valence-corrected chi connectivity index (χ0v) is 31.3. The first-order valence-electron chi connectivity index (χ1n) is 19.3. The molecule has 0 saturated heterocycles. The molecule has 0 bridgehead atoms. The van der Waals surface area contributed by atoms with Crippen molar-refractivity contribution in [2.75, 3.05) is 4.90 Å². The molecule has 3 aromatic heterocycles. The smallest absolute Gasteiger partial charge is 0.0635 e. The van der Waals surface area contributed by atoms with Crippen molar-refractivity contribution in [1.82, 2.24) is 13.7 Å². The number of hydrogen-bond donors (Lipinski definition) is 0. The van der Waals surface area contributed by atoms with Gasteiger partial charge in [-0.25, -0.2) is 0 Å². The van der Waals surface area contributed by atoms with Crippen LogP contribution in [0.25, 0.3) is 71.6 Å².